The molecule has 0 spiro atoms. The van der Waals surface area contributed by atoms with Crippen LogP contribution in [0.1, 0.15) is 6.42 Å². The quantitative estimate of drug-likeness (QED) is 0.909. The van der Waals surface area contributed by atoms with Crippen molar-refractivity contribution in [3.8, 4) is 0 Å². The first-order chi connectivity index (χ1) is 13.2. The fourth-order valence-electron chi connectivity index (χ4n) is 3.73. The highest BCUT2D eigenvalue weighted by atomic mass is 16.2. The Balaban J connectivity index is 1.30. The Morgan fingerprint density at radius 1 is 0.852 bits per heavy atom. The summed E-state index contributed by atoms with van der Waals surface area (Å²) in [6.07, 6.45) is 0.352. The van der Waals surface area contributed by atoms with E-state index in [9.17, 15) is 9.59 Å². The summed E-state index contributed by atoms with van der Waals surface area (Å²) in [5, 5.41) is 3.04. The lowest BCUT2D eigenvalue weighted by Crippen LogP contribution is -2.53. The Morgan fingerprint density at radius 3 is 2.07 bits per heavy atom. The average molecular weight is 364 g/mol. The summed E-state index contributed by atoms with van der Waals surface area (Å²) in [5.41, 5.74) is 2.08. The number of anilines is 2. The molecule has 6 nitrogen and oxygen atoms in total. The first-order valence-electron chi connectivity index (χ1n) is 9.41. The molecule has 27 heavy (non-hydrogen) atoms. The second kappa shape index (κ2) is 7.70. The molecule has 2 aliphatic heterocycles. The number of rotatable bonds is 3. The van der Waals surface area contributed by atoms with Gasteiger partial charge in [0.05, 0.1) is 6.04 Å². The van der Waals surface area contributed by atoms with Gasteiger partial charge in [0.1, 0.15) is 0 Å². The molecule has 0 bridgehead atoms. The number of carbonyl (C=O) groups excluding carboxylic acids is 2. The van der Waals surface area contributed by atoms with Crippen LogP contribution in [0.15, 0.2) is 60.7 Å². The summed E-state index contributed by atoms with van der Waals surface area (Å²) >= 11 is 0. The number of urea groups is 1. The van der Waals surface area contributed by atoms with E-state index in [0.717, 1.165) is 18.8 Å². The fraction of sp³-hybridized carbons (Fsp3) is 0.333. The molecule has 0 aromatic heterocycles. The molecule has 4 rings (SSSR count). The summed E-state index contributed by atoms with van der Waals surface area (Å²) in [6.45, 7) is 3.53. The predicted octanol–water partition coefficient (Wildman–Crippen LogP) is 2.32. The molecule has 2 fully saturated rings. The van der Waals surface area contributed by atoms with Crippen LogP contribution >= 0.6 is 0 Å². The Bertz CT molecular complexity index is 788. The maximum atomic E-state index is 12.6. The second-order valence-corrected chi connectivity index (χ2v) is 7.00. The van der Waals surface area contributed by atoms with Crippen LogP contribution in [0.5, 0.6) is 0 Å². The zero-order chi connectivity index (χ0) is 18.6. The molecule has 3 amide bonds. The van der Waals surface area contributed by atoms with Gasteiger partial charge < -0.3 is 20.0 Å². The molecule has 2 aliphatic rings. The zero-order valence-electron chi connectivity index (χ0n) is 15.3. The van der Waals surface area contributed by atoms with Gasteiger partial charge in [-0.15, -0.1) is 0 Å². The topological polar surface area (TPSA) is 55.9 Å². The van der Waals surface area contributed by atoms with E-state index in [1.54, 1.807) is 4.90 Å². The van der Waals surface area contributed by atoms with E-state index in [-0.39, 0.29) is 18.0 Å². The molecule has 0 aliphatic carbocycles. The van der Waals surface area contributed by atoms with Crippen LogP contribution in [0.2, 0.25) is 0 Å². The van der Waals surface area contributed by atoms with Gasteiger partial charge in [-0.3, -0.25) is 4.79 Å². The average Bonchev–Trinajstić information content (AvgIpc) is 3.09. The third-order valence-corrected chi connectivity index (χ3v) is 5.21. The number of carbonyl (C=O) groups is 2. The standard InChI is InChI=1S/C21H24N4O2/c26-20-15-17(16-25(20)19-9-5-2-6-10-19)22-21(27)24-13-11-23(12-14-24)18-7-3-1-4-8-18/h1-10,17H,11-16H2,(H,22,27)/t17-/m1/s1. The first-order valence-corrected chi connectivity index (χ1v) is 9.41. The summed E-state index contributed by atoms with van der Waals surface area (Å²) in [5.74, 6) is 0.0559. The predicted molar refractivity (Wildman–Crippen MR) is 106 cm³/mol. The van der Waals surface area contributed by atoms with Gasteiger partial charge in [-0.25, -0.2) is 4.79 Å². The van der Waals surface area contributed by atoms with Crippen LogP contribution in [-0.2, 0) is 4.79 Å². The maximum Gasteiger partial charge on any atom is 0.317 e. The van der Waals surface area contributed by atoms with Crippen molar-refractivity contribution in [3.05, 3.63) is 60.7 Å². The Labute approximate surface area is 159 Å². The van der Waals surface area contributed by atoms with E-state index in [1.165, 1.54) is 5.69 Å². The van der Waals surface area contributed by atoms with Gasteiger partial charge >= 0.3 is 6.03 Å². The lowest BCUT2D eigenvalue weighted by Gasteiger charge is -2.36. The fourth-order valence-corrected chi connectivity index (χ4v) is 3.73. The van der Waals surface area contributed by atoms with Crippen LogP contribution in [0.4, 0.5) is 16.2 Å². The molecule has 0 unspecified atom stereocenters. The van der Waals surface area contributed by atoms with E-state index in [4.69, 9.17) is 0 Å². The molecule has 1 N–H and O–H groups in total. The van der Waals surface area contributed by atoms with Crippen molar-refractivity contribution in [3.63, 3.8) is 0 Å². The summed E-state index contributed by atoms with van der Waals surface area (Å²) in [4.78, 5) is 30.8. The summed E-state index contributed by atoms with van der Waals surface area (Å²) in [6, 6.07) is 19.7. The highest BCUT2D eigenvalue weighted by Gasteiger charge is 2.33. The van der Waals surface area contributed by atoms with Crippen LogP contribution < -0.4 is 15.1 Å². The second-order valence-electron chi connectivity index (χ2n) is 7.00. The van der Waals surface area contributed by atoms with Crippen LogP contribution in [0, 0.1) is 0 Å². The molecule has 2 aromatic rings. The maximum absolute atomic E-state index is 12.6. The van der Waals surface area contributed by atoms with E-state index >= 15 is 0 Å². The molecular formula is C21H24N4O2. The van der Waals surface area contributed by atoms with Crippen molar-refractivity contribution in [2.75, 3.05) is 42.5 Å². The van der Waals surface area contributed by atoms with Crippen molar-refractivity contribution in [2.45, 2.75) is 12.5 Å². The lowest BCUT2D eigenvalue weighted by atomic mass is 10.2. The van der Waals surface area contributed by atoms with Gasteiger partial charge in [0.15, 0.2) is 0 Å². The molecule has 0 radical (unpaired) electrons. The van der Waals surface area contributed by atoms with Crippen molar-refractivity contribution >= 4 is 23.3 Å². The van der Waals surface area contributed by atoms with Crippen LogP contribution in [0.3, 0.4) is 0 Å². The number of hydrogen-bond acceptors (Lipinski definition) is 3. The number of para-hydroxylation sites is 2. The van der Waals surface area contributed by atoms with Gasteiger partial charge in [-0.1, -0.05) is 36.4 Å². The van der Waals surface area contributed by atoms with E-state index in [2.05, 4.69) is 22.3 Å². The minimum absolute atomic E-state index is 0.0559. The molecule has 2 aromatic carbocycles. The smallest absolute Gasteiger partial charge is 0.317 e. The van der Waals surface area contributed by atoms with Gasteiger partial charge in [0, 0.05) is 50.5 Å². The van der Waals surface area contributed by atoms with Crippen molar-refractivity contribution in [2.24, 2.45) is 0 Å². The van der Waals surface area contributed by atoms with Gasteiger partial charge in [-0.2, -0.15) is 0 Å². The van der Waals surface area contributed by atoms with Crippen LogP contribution in [0.25, 0.3) is 0 Å². The first kappa shape index (κ1) is 17.4. The van der Waals surface area contributed by atoms with Gasteiger partial charge in [0.2, 0.25) is 5.91 Å². The molecule has 0 saturated carbocycles. The highest BCUT2D eigenvalue weighted by molar-refractivity contribution is 5.96. The minimum Gasteiger partial charge on any atom is -0.368 e. The van der Waals surface area contributed by atoms with E-state index in [1.807, 2.05) is 53.4 Å². The number of amides is 3. The Kier molecular flexibility index (Phi) is 4.96. The SMILES string of the molecule is O=C(N[C@@H]1CC(=O)N(c2ccccc2)C1)N1CCN(c2ccccc2)CC1. The largest absolute Gasteiger partial charge is 0.368 e. The van der Waals surface area contributed by atoms with Crippen molar-refractivity contribution in [1.82, 2.24) is 10.2 Å². The number of hydrogen-bond donors (Lipinski definition) is 1. The third kappa shape index (κ3) is 3.89. The molecule has 2 heterocycles. The normalized spacial score (nSPS) is 20.1. The summed E-state index contributed by atoms with van der Waals surface area (Å²) in [7, 11) is 0. The van der Waals surface area contributed by atoms with Gasteiger partial charge in [-0.05, 0) is 24.3 Å². The Hall–Kier alpha value is -3.02. The molecule has 2 saturated heterocycles. The monoisotopic (exact) mass is 364 g/mol. The lowest BCUT2D eigenvalue weighted by molar-refractivity contribution is -0.117. The summed E-state index contributed by atoms with van der Waals surface area (Å²) < 4.78 is 0. The zero-order valence-corrected chi connectivity index (χ0v) is 15.3. The van der Waals surface area contributed by atoms with E-state index in [0.29, 0.717) is 26.1 Å². The molecular weight excluding hydrogens is 340 g/mol. The van der Waals surface area contributed by atoms with Crippen LogP contribution in [-0.4, -0.2) is 55.6 Å². The number of nitrogens with zero attached hydrogens (tertiary/aromatic N) is 3. The molecule has 140 valence electrons. The number of nitrogens with one attached hydrogen (secondary N) is 1. The Morgan fingerprint density at radius 2 is 1.44 bits per heavy atom. The van der Waals surface area contributed by atoms with Crippen molar-refractivity contribution < 1.29 is 9.59 Å². The highest BCUT2D eigenvalue weighted by Crippen LogP contribution is 2.21. The number of benzene rings is 2. The van der Waals surface area contributed by atoms with Crippen molar-refractivity contribution in [1.29, 1.82) is 0 Å². The molecule has 6 heteroatoms. The number of piperazine rings is 1. The minimum atomic E-state index is -0.141. The van der Waals surface area contributed by atoms with E-state index < -0.39 is 0 Å². The third-order valence-electron chi connectivity index (χ3n) is 5.21. The molecule has 1 atom stereocenters. The van der Waals surface area contributed by atoms with Gasteiger partial charge in [0.25, 0.3) is 0 Å².